The SMILES string of the molecule is CCCc1c(O)n(C2CCC(C)(C)C2)c(=O)[nH]c1=O. The molecule has 0 radical (unpaired) electrons. The van der Waals surface area contributed by atoms with E-state index in [-0.39, 0.29) is 17.3 Å². The van der Waals surface area contributed by atoms with Crippen molar-refractivity contribution in [2.75, 3.05) is 0 Å². The van der Waals surface area contributed by atoms with Crippen LogP contribution in [0.1, 0.15) is 58.1 Å². The minimum absolute atomic E-state index is 0.0186. The van der Waals surface area contributed by atoms with E-state index in [1.807, 2.05) is 6.92 Å². The Morgan fingerprint density at radius 3 is 2.63 bits per heavy atom. The second-order valence-corrected chi connectivity index (χ2v) is 6.24. The molecule has 1 saturated carbocycles. The van der Waals surface area contributed by atoms with E-state index < -0.39 is 11.2 Å². The highest BCUT2D eigenvalue weighted by Gasteiger charge is 2.34. The lowest BCUT2D eigenvalue weighted by Gasteiger charge is -2.20. The summed E-state index contributed by atoms with van der Waals surface area (Å²) in [6.07, 6.45) is 3.96. The molecule has 1 aromatic heterocycles. The van der Waals surface area contributed by atoms with E-state index in [2.05, 4.69) is 18.8 Å². The molecule has 0 aliphatic heterocycles. The zero-order valence-electron chi connectivity index (χ0n) is 11.8. The van der Waals surface area contributed by atoms with Crippen LogP contribution in [0, 0.1) is 5.41 Å². The molecular formula is C14H22N2O3. The molecule has 19 heavy (non-hydrogen) atoms. The fraction of sp³-hybridized carbons (Fsp3) is 0.714. The fourth-order valence-corrected chi connectivity index (χ4v) is 3.01. The number of aromatic amines is 1. The number of H-pyrrole nitrogens is 1. The Morgan fingerprint density at radius 2 is 2.11 bits per heavy atom. The number of aromatic hydroxyl groups is 1. The highest BCUT2D eigenvalue weighted by molar-refractivity contribution is 5.23. The van der Waals surface area contributed by atoms with Crippen LogP contribution in [0.3, 0.4) is 0 Å². The predicted molar refractivity (Wildman–Crippen MR) is 73.7 cm³/mol. The molecule has 1 atom stereocenters. The minimum atomic E-state index is -0.495. The van der Waals surface area contributed by atoms with Crippen LogP contribution in [-0.2, 0) is 6.42 Å². The Morgan fingerprint density at radius 1 is 1.42 bits per heavy atom. The Balaban J connectivity index is 2.49. The van der Waals surface area contributed by atoms with Crippen LogP contribution in [0.2, 0.25) is 0 Å². The lowest BCUT2D eigenvalue weighted by molar-refractivity contribution is 0.324. The topological polar surface area (TPSA) is 75.1 Å². The predicted octanol–water partition coefficient (Wildman–Crippen LogP) is 1.95. The van der Waals surface area contributed by atoms with Crippen molar-refractivity contribution in [2.24, 2.45) is 5.41 Å². The van der Waals surface area contributed by atoms with Gasteiger partial charge in [-0.05, 0) is 31.1 Å². The van der Waals surface area contributed by atoms with Crippen molar-refractivity contribution in [3.8, 4) is 5.88 Å². The third-order valence-electron chi connectivity index (χ3n) is 4.02. The number of nitrogens with zero attached hydrogens (tertiary/aromatic N) is 1. The van der Waals surface area contributed by atoms with Crippen LogP contribution < -0.4 is 11.2 Å². The van der Waals surface area contributed by atoms with Gasteiger partial charge < -0.3 is 5.11 Å². The summed E-state index contributed by atoms with van der Waals surface area (Å²) in [6, 6.07) is -0.0186. The van der Waals surface area contributed by atoms with Crippen molar-refractivity contribution >= 4 is 0 Å². The third-order valence-corrected chi connectivity index (χ3v) is 4.02. The Bertz CT molecular complexity index is 583. The maximum absolute atomic E-state index is 12.0. The summed E-state index contributed by atoms with van der Waals surface area (Å²) in [5.74, 6) is -0.140. The van der Waals surface area contributed by atoms with Crippen LogP contribution in [0.5, 0.6) is 5.88 Å². The van der Waals surface area contributed by atoms with Gasteiger partial charge in [-0.2, -0.15) is 0 Å². The molecule has 5 nitrogen and oxygen atoms in total. The maximum Gasteiger partial charge on any atom is 0.331 e. The van der Waals surface area contributed by atoms with E-state index in [0.717, 1.165) is 25.7 Å². The second-order valence-electron chi connectivity index (χ2n) is 6.24. The van der Waals surface area contributed by atoms with E-state index in [4.69, 9.17) is 0 Å². The van der Waals surface area contributed by atoms with Gasteiger partial charge in [0.25, 0.3) is 5.56 Å². The van der Waals surface area contributed by atoms with Gasteiger partial charge in [0.15, 0.2) is 0 Å². The first-order chi connectivity index (χ1) is 8.85. The van der Waals surface area contributed by atoms with Crippen molar-refractivity contribution in [3.05, 3.63) is 26.4 Å². The lowest BCUT2D eigenvalue weighted by atomic mass is 9.92. The summed E-state index contributed by atoms with van der Waals surface area (Å²) >= 11 is 0. The van der Waals surface area contributed by atoms with Gasteiger partial charge in [-0.3, -0.25) is 14.3 Å². The normalized spacial score (nSPS) is 21.7. The van der Waals surface area contributed by atoms with Gasteiger partial charge in [0.1, 0.15) is 0 Å². The smallest absolute Gasteiger partial charge is 0.331 e. The average Bonchev–Trinajstić information content (AvgIpc) is 2.64. The lowest BCUT2D eigenvalue weighted by Crippen LogP contribution is -2.34. The first-order valence-electron chi connectivity index (χ1n) is 6.92. The van der Waals surface area contributed by atoms with Crippen molar-refractivity contribution < 1.29 is 5.11 Å². The second kappa shape index (κ2) is 4.87. The number of nitrogens with one attached hydrogen (secondary N) is 1. The molecule has 0 bridgehead atoms. The van der Waals surface area contributed by atoms with E-state index in [1.165, 1.54) is 4.57 Å². The summed E-state index contributed by atoms with van der Waals surface area (Å²) in [5, 5.41) is 10.3. The minimum Gasteiger partial charge on any atom is -0.494 e. The van der Waals surface area contributed by atoms with Crippen LogP contribution >= 0.6 is 0 Å². The van der Waals surface area contributed by atoms with Crippen molar-refractivity contribution in [2.45, 2.75) is 58.9 Å². The van der Waals surface area contributed by atoms with E-state index >= 15 is 0 Å². The summed E-state index contributed by atoms with van der Waals surface area (Å²) in [7, 11) is 0. The Kier molecular flexibility index (Phi) is 3.56. The molecule has 0 spiro atoms. The molecule has 1 aliphatic carbocycles. The molecule has 0 saturated heterocycles. The van der Waals surface area contributed by atoms with E-state index in [1.54, 1.807) is 0 Å². The van der Waals surface area contributed by atoms with Gasteiger partial charge >= 0.3 is 5.69 Å². The van der Waals surface area contributed by atoms with Gasteiger partial charge in [-0.15, -0.1) is 0 Å². The standard InChI is InChI=1S/C14H22N2O3/c1-4-5-10-11(17)15-13(19)16(12(10)18)9-6-7-14(2,3)8-9/h9,18H,4-8H2,1-3H3,(H,15,17,19). The highest BCUT2D eigenvalue weighted by Crippen LogP contribution is 2.43. The molecular weight excluding hydrogens is 244 g/mol. The van der Waals surface area contributed by atoms with Crippen LogP contribution in [0.25, 0.3) is 0 Å². The average molecular weight is 266 g/mol. The van der Waals surface area contributed by atoms with Gasteiger partial charge in [-0.25, -0.2) is 4.79 Å². The van der Waals surface area contributed by atoms with Gasteiger partial charge in [0.05, 0.1) is 5.56 Å². The molecule has 0 aromatic carbocycles. The maximum atomic E-state index is 12.0. The molecule has 1 aliphatic rings. The van der Waals surface area contributed by atoms with Gasteiger partial charge in [0.2, 0.25) is 5.88 Å². The largest absolute Gasteiger partial charge is 0.494 e. The summed E-state index contributed by atoms with van der Waals surface area (Å²) in [6.45, 7) is 6.26. The Labute approximate surface area is 112 Å². The number of rotatable bonds is 3. The number of hydrogen-bond acceptors (Lipinski definition) is 3. The van der Waals surface area contributed by atoms with E-state index in [9.17, 15) is 14.7 Å². The first kappa shape index (κ1) is 13.9. The van der Waals surface area contributed by atoms with Crippen molar-refractivity contribution in [1.29, 1.82) is 0 Å². The molecule has 1 heterocycles. The quantitative estimate of drug-likeness (QED) is 0.878. The fourth-order valence-electron chi connectivity index (χ4n) is 3.01. The molecule has 2 N–H and O–H groups in total. The molecule has 0 amide bonds. The molecule has 1 aromatic rings. The van der Waals surface area contributed by atoms with Gasteiger partial charge in [-0.1, -0.05) is 27.2 Å². The molecule has 106 valence electrons. The molecule has 1 fully saturated rings. The van der Waals surface area contributed by atoms with Crippen LogP contribution in [0.15, 0.2) is 9.59 Å². The summed E-state index contributed by atoms with van der Waals surface area (Å²) < 4.78 is 1.38. The molecule has 5 heteroatoms. The van der Waals surface area contributed by atoms with Crippen LogP contribution in [-0.4, -0.2) is 14.7 Å². The van der Waals surface area contributed by atoms with Crippen molar-refractivity contribution in [1.82, 2.24) is 9.55 Å². The van der Waals surface area contributed by atoms with Gasteiger partial charge in [0, 0.05) is 6.04 Å². The monoisotopic (exact) mass is 266 g/mol. The summed E-state index contributed by atoms with van der Waals surface area (Å²) in [5.41, 5.74) is -0.452. The first-order valence-corrected chi connectivity index (χ1v) is 6.92. The number of hydrogen-bond donors (Lipinski definition) is 2. The molecule has 2 rings (SSSR count). The van der Waals surface area contributed by atoms with Crippen LogP contribution in [0.4, 0.5) is 0 Å². The molecule has 1 unspecified atom stereocenters. The number of aromatic nitrogens is 2. The summed E-state index contributed by atoms with van der Waals surface area (Å²) in [4.78, 5) is 26.0. The zero-order chi connectivity index (χ0) is 14.2. The third kappa shape index (κ3) is 2.60. The Hall–Kier alpha value is -1.52. The van der Waals surface area contributed by atoms with Crippen molar-refractivity contribution in [3.63, 3.8) is 0 Å². The van der Waals surface area contributed by atoms with E-state index in [0.29, 0.717) is 12.0 Å². The highest BCUT2D eigenvalue weighted by atomic mass is 16.3. The zero-order valence-corrected chi connectivity index (χ0v) is 11.8.